The van der Waals surface area contributed by atoms with E-state index in [9.17, 15) is 4.79 Å². The van der Waals surface area contributed by atoms with Gasteiger partial charge in [0.15, 0.2) is 0 Å². The molecular weight excluding hydrogens is 769 g/mol. The number of rotatable bonds is 24. The summed E-state index contributed by atoms with van der Waals surface area (Å²) in [6, 6.07) is 16.7. The third-order valence-electron chi connectivity index (χ3n) is 16.7. The molecule has 6 nitrogen and oxygen atoms in total. The molecule has 0 amide bonds. The molecule has 0 spiro atoms. The van der Waals surface area contributed by atoms with Crippen molar-refractivity contribution in [2.75, 3.05) is 39.6 Å². The molecule has 7 rings (SSSR count). The largest absolute Gasteiger partial charge is 0.494 e. The summed E-state index contributed by atoms with van der Waals surface area (Å²) in [5.74, 6) is 6.88. The minimum Gasteiger partial charge on any atom is -0.494 e. The highest BCUT2D eigenvalue weighted by atomic mass is 16.5. The van der Waals surface area contributed by atoms with Gasteiger partial charge in [-0.25, -0.2) is 0 Å². The number of esters is 1. The number of fused-ring (bicyclic) bond motifs is 5. The minimum atomic E-state index is -0.0189. The van der Waals surface area contributed by atoms with Crippen molar-refractivity contribution >= 4 is 5.97 Å². The fourth-order valence-corrected chi connectivity index (χ4v) is 12.9. The number of ether oxygens (including phenoxy) is 5. The maximum absolute atomic E-state index is 13.0. The fraction of sp³-hybridized carbons (Fsp3) is 0.732. The second-order valence-corrected chi connectivity index (χ2v) is 22.0. The van der Waals surface area contributed by atoms with Crippen LogP contribution in [0.5, 0.6) is 11.5 Å². The number of allylic oxidation sites excluding steroid dienone is 1. The normalized spacial score (nSPS) is 29.1. The molecule has 1 saturated heterocycles. The van der Waals surface area contributed by atoms with Crippen LogP contribution in [0.4, 0.5) is 0 Å². The second kappa shape index (κ2) is 21.9. The highest BCUT2D eigenvalue weighted by Gasteiger charge is 2.59. The highest BCUT2D eigenvalue weighted by molar-refractivity contribution is 5.69. The van der Waals surface area contributed by atoms with E-state index in [1.165, 1.54) is 64.2 Å². The lowest BCUT2D eigenvalue weighted by atomic mass is 9.47. The number of carbonyl (C=O) groups is 1. The summed E-state index contributed by atoms with van der Waals surface area (Å²) >= 11 is 0. The highest BCUT2D eigenvalue weighted by Crippen LogP contribution is 2.67. The molecule has 0 unspecified atom stereocenters. The first-order valence-electron chi connectivity index (χ1n) is 25.5. The van der Waals surface area contributed by atoms with E-state index in [-0.39, 0.29) is 22.9 Å². The van der Waals surface area contributed by atoms with Crippen LogP contribution in [0.25, 0.3) is 11.1 Å². The Balaban J connectivity index is 0.740. The molecule has 0 N–H and O–H groups in total. The van der Waals surface area contributed by atoms with Crippen LogP contribution in [0.3, 0.4) is 0 Å². The monoisotopic (exact) mass is 853 g/mol. The molecule has 2 aromatic carbocycles. The van der Waals surface area contributed by atoms with Crippen molar-refractivity contribution in [3.8, 4) is 22.6 Å². The first-order chi connectivity index (χ1) is 30.0. The van der Waals surface area contributed by atoms with E-state index >= 15 is 0 Å². The van der Waals surface area contributed by atoms with Crippen LogP contribution in [0.15, 0.2) is 60.2 Å². The van der Waals surface area contributed by atoms with Crippen LogP contribution in [0.2, 0.25) is 0 Å². The van der Waals surface area contributed by atoms with E-state index in [1.807, 2.05) is 12.1 Å². The van der Waals surface area contributed by atoms with Crippen LogP contribution in [-0.4, -0.2) is 51.7 Å². The summed E-state index contributed by atoms with van der Waals surface area (Å²) in [5, 5.41) is 0. The summed E-state index contributed by atoms with van der Waals surface area (Å²) in [4.78, 5) is 13.0. The Bertz CT molecular complexity index is 1710. The zero-order valence-corrected chi connectivity index (χ0v) is 39.9. The number of carbonyl (C=O) groups excluding carboxylic acids is 1. The molecule has 8 atom stereocenters. The Labute approximate surface area is 377 Å². The zero-order valence-electron chi connectivity index (χ0n) is 39.9. The van der Waals surface area contributed by atoms with Crippen LogP contribution in [-0.2, 0) is 19.0 Å². The topological polar surface area (TPSA) is 63.2 Å². The van der Waals surface area contributed by atoms with Gasteiger partial charge in [0.1, 0.15) is 17.6 Å². The van der Waals surface area contributed by atoms with Crippen LogP contribution >= 0.6 is 0 Å². The van der Waals surface area contributed by atoms with Gasteiger partial charge in [0.25, 0.3) is 0 Å². The summed E-state index contributed by atoms with van der Waals surface area (Å²) in [7, 11) is 0. The third kappa shape index (κ3) is 11.9. The summed E-state index contributed by atoms with van der Waals surface area (Å²) in [6.45, 7) is 19.5. The van der Waals surface area contributed by atoms with Gasteiger partial charge in [0, 0.05) is 24.9 Å². The number of hydrogen-bond donors (Lipinski definition) is 0. The van der Waals surface area contributed by atoms with Crippen LogP contribution < -0.4 is 9.47 Å². The zero-order chi connectivity index (χ0) is 43.6. The van der Waals surface area contributed by atoms with E-state index in [0.717, 1.165) is 143 Å². The van der Waals surface area contributed by atoms with E-state index < -0.39 is 0 Å². The summed E-state index contributed by atoms with van der Waals surface area (Å²) < 4.78 is 29.3. The van der Waals surface area contributed by atoms with Gasteiger partial charge in [0.05, 0.1) is 33.0 Å². The summed E-state index contributed by atoms with van der Waals surface area (Å²) in [6.07, 6.45) is 24.7. The first kappa shape index (κ1) is 47.1. The van der Waals surface area contributed by atoms with Gasteiger partial charge in [-0.05, 0) is 165 Å². The van der Waals surface area contributed by atoms with Gasteiger partial charge in [-0.3, -0.25) is 4.79 Å². The Kier molecular flexibility index (Phi) is 16.7. The number of hydrogen-bond acceptors (Lipinski definition) is 6. The standard InChI is InChI=1S/C56H84O6/c1-41(2)15-14-16-42(3)50-28-29-51-49-27-22-45-37-48(30-32-55(45,5)52(49)31-33-56(50,51)6)62-53(57)17-10-9-13-36-61-47-25-20-44(21-26-47)43-18-23-46(24-19-43)60-35-12-8-7-11-34-58-38-54(4)39-59-40-54/h18-26,41-42,48-52H,7-17,27-40H2,1-6H3/t42-,48+,49+,50-,51+,52+,55+,56-/m1/s1. The van der Waals surface area contributed by atoms with Gasteiger partial charge in [0.2, 0.25) is 0 Å². The van der Waals surface area contributed by atoms with E-state index in [2.05, 4.69) is 84.0 Å². The van der Waals surface area contributed by atoms with E-state index in [4.69, 9.17) is 23.7 Å². The second-order valence-electron chi connectivity index (χ2n) is 22.0. The molecule has 2 aromatic rings. The molecule has 5 aliphatic rings. The van der Waals surface area contributed by atoms with Crippen molar-refractivity contribution in [2.45, 2.75) is 170 Å². The molecular formula is C56H84O6. The lowest BCUT2D eigenvalue weighted by Crippen LogP contribution is -2.51. The minimum absolute atomic E-state index is 0.0189. The molecule has 0 bridgehead atoms. The van der Waals surface area contributed by atoms with Gasteiger partial charge < -0.3 is 23.7 Å². The molecule has 1 aliphatic heterocycles. The van der Waals surface area contributed by atoms with Crippen molar-refractivity contribution < 1.29 is 28.5 Å². The maximum Gasteiger partial charge on any atom is 0.306 e. The predicted molar refractivity (Wildman–Crippen MR) is 252 cm³/mol. The van der Waals surface area contributed by atoms with Gasteiger partial charge in [-0.1, -0.05) is 103 Å². The van der Waals surface area contributed by atoms with E-state index in [1.54, 1.807) is 5.57 Å². The molecule has 3 saturated carbocycles. The van der Waals surface area contributed by atoms with Gasteiger partial charge in [-0.15, -0.1) is 0 Å². The Morgan fingerprint density at radius 1 is 0.710 bits per heavy atom. The molecule has 0 aromatic heterocycles. The smallest absolute Gasteiger partial charge is 0.306 e. The number of benzene rings is 2. The molecule has 62 heavy (non-hydrogen) atoms. The lowest BCUT2D eigenvalue weighted by Gasteiger charge is -2.58. The molecule has 344 valence electrons. The maximum atomic E-state index is 13.0. The van der Waals surface area contributed by atoms with E-state index in [0.29, 0.717) is 18.4 Å². The van der Waals surface area contributed by atoms with Crippen molar-refractivity contribution in [2.24, 2.45) is 51.8 Å². The SMILES string of the molecule is CC(C)CCC[C@@H](C)[C@H]1CC[C@H]2[C@@H]3CC=C4C[C@@H](OC(=O)CCCCCOc5ccc(-c6ccc(OCCCCCCOCC7(C)COC7)cc6)cc5)CC[C@]4(C)[C@H]3CC[C@]12C. The third-order valence-corrected chi connectivity index (χ3v) is 16.7. The Morgan fingerprint density at radius 3 is 1.98 bits per heavy atom. The van der Waals surface area contributed by atoms with Gasteiger partial charge in [-0.2, -0.15) is 0 Å². The predicted octanol–water partition coefficient (Wildman–Crippen LogP) is 14.2. The average molecular weight is 853 g/mol. The van der Waals surface area contributed by atoms with Crippen molar-refractivity contribution in [1.82, 2.24) is 0 Å². The Hall–Kier alpha value is -2.83. The van der Waals surface area contributed by atoms with Crippen LogP contribution in [0, 0.1) is 51.8 Å². The molecule has 4 aliphatic carbocycles. The lowest BCUT2D eigenvalue weighted by molar-refractivity contribution is -0.151. The van der Waals surface area contributed by atoms with Crippen molar-refractivity contribution in [3.05, 3.63) is 60.2 Å². The van der Waals surface area contributed by atoms with Crippen LogP contribution in [0.1, 0.15) is 164 Å². The molecule has 0 radical (unpaired) electrons. The first-order valence-corrected chi connectivity index (χ1v) is 25.5. The van der Waals surface area contributed by atoms with Crippen molar-refractivity contribution in [3.63, 3.8) is 0 Å². The molecule has 1 heterocycles. The quantitative estimate of drug-likeness (QED) is 0.0595. The Morgan fingerprint density at radius 2 is 1.35 bits per heavy atom. The number of unbranched alkanes of at least 4 members (excludes halogenated alkanes) is 5. The summed E-state index contributed by atoms with van der Waals surface area (Å²) in [5.41, 5.74) is 4.98. The molecule has 6 heteroatoms. The van der Waals surface area contributed by atoms with Crippen molar-refractivity contribution in [1.29, 1.82) is 0 Å². The van der Waals surface area contributed by atoms with Gasteiger partial charge >= 0.3 is 5.97 Å². The molecule has 4 fully saturated rings. The fourth-order valence-electron chi connectivity index (χ4n) is 12.9. The average Bonchev–Trinajstić information content (AvgIpc) is 3.61.